The van der Waals surface area contributed by atoms with Crippen molar-refractivity contribution in [1.29, 1.82) is 0 Å². The van der Waals surface area contributed by atoms with Gasteiger partial charge in [-0.2, -0.15) is 0 Å². The van der Waals surface area contributed by atoms with Gasteiger partial charge in [0.15, 0.2) is 0 Å². The predicted octanol–water partition coefficient (Wildman–Crippen LogP) is 1.40. The highest BCUT2D eigenvalue weighted by atomic mass is 19.1. The van der Waals surface area contributed by atoms with Gasteiger partial charge in [0.05, 0.1) is 6.20 Å². The van der Waals surface area contributed by atoms with Gasteiger partial charge in [-0.15, -0.1) is 0 Å². The third kappa shape index (κ3) is 3.84. The second-order valence-corrected chi connectivity index (χ2v) is 3.95. The summed E-state index contributed by atoms with van der Waals surface area (Å²) in [5.41, 5.74) is 3.43. The van der Waals surface area contributed by atoms with Crippen molar-refractivity contribution in [2.75, 3.05) is 13.7 Å². The van der Waals surface area contributed by atoms with Crippen molar-refractivity contribution in [2.45, 2.75) is 19.4 Å². The van der Waals surface area contributed by atoms with E-state index in [1.165, 1.54) is 12.3 Å². The Morgan fingerprint density at radius 1 is 1.56 bits per heavy atom. The molecule has 2 atom stereocenters. The maximum Gasteiger partial charge on any atom is 0.141 e. The lowest BCUT2D eigenvalue weighted by Crippen LogP contribution is -2.30. The van der Waals surface area contributed by atoms with E-state index in [0.29, 0.717) is 12.5 Å². The van der Waals surface area contributed by atoms with E-state index < -0.39 is 0 Å². The van der Waals surface area contributed by atoms with Crippen molar-refractivity contribution >= 4 is 0 Å². The largest absolute Gasteiger partial charge is 0.384 e. The molecule has 1 heterocycles. The van der Waals surface area contributed by atoms with Crippen LogP contribution in [-0.2, 0) is 4.74 Å². The van der Waals surface area contributed by atoms with E-state index in [0.717, 1.165) is 12.0 Å². The van der Waals surface area contributed by atoms with Crippen LogP contribution in [-0.4, -0.2) is 18.7 Å². The summed E-state index contributed by atoms with van der Waals surface area (Å²) in [4.78, 5) is 3.80. The summed E-state index contributed by atoms with van der Waals surface area (Å²) in [6.45, 7) is 2.71. The quantitative estimate of drug-likeness (QED) is 0.569. The second-order valence-electron chi connectivity index (χ2n) is 3.95. The molecule has 90 valence electrons. The smallest absolute Gasteiger partial charge is 0.141 e. The van der Waals surface area contributed by atoms with Crippen LogP contribution >= 0.6 is 0 Å². The van der Waals surface area contributed by atoms with E-state index in [-0.39, 0.29) is 11.9 Å². The van der Waals surface area contributed by atoms with Gasteiger partial charge in [-0.3, -0.25) is 16.3 Å². The van der Waals surface area contributed by atoms with E-state index in [4.69, 9.17) is 10.6 Å². The first kappa shape index (κ1) is 13.0. The molecule has 0 amide bonds. The minimum absolute atomic E-state index is 0.103. The van der Waals surface area contributed by atoms with Gasteiger partial charge in [-0.1, -0.05) is 6.92 Å². The lowest BCUT2D eigenvalue weighted by Gasteiger charge is -2.19. The van der Waals surface area contributed by atoms with Crippen molar-refractivity contribution in [2.24, 2.45) is 11.8 Å². The minimum atomic E-state index is -0.350. The molecular formula is C11H18FN3O. The van der Waals surface area contributed by atoms with Gasteiger partial charge in [-0.25, -0.2) is 4.39 Å². The highest BCUT2D eigenvalue weighted by molar-refractivity contribution is 5.14. The highest BCUT2D eigenvalue weighted by Gasteiger charge is 2.14. The Balaban J connectivity index is 2.67. The zero-order valence-corrected chi connectivity index (χ0v) is 9.61. The highest BCUT2D eigenvalue weighted by Crippen LogP contribution is 2.20. The third-order valence-electron chi connectivity index (χ3n) is 2.42. The number of nitrogens with one attached hydrogen (secondary N) is 1. The molecule has 0 aromatic carbocycles. The number of aromatic nitrogens is 1. The molecule has 5 heteroatoms. The Labute approximate surface area is 95.0 Å². The molecule has 0 saturated carbocycles. The van der Waals surface area contributed by atoms with E-state index in [1.54, 1.807) is 13.3 Å². The zero-order chi connectivity index (χ0) is 12.0. The average Bonchev–Trinajstić information content (AvgIpc) is 2.26. The number of halogens is 1. The van der Waals surface area contributed by atoms with Gasteiger partial charge in [0, 0.05) is 26.0 Å². The van der Waals surface area contributed by atoms with E-state index in [1.807, 2.05) is 0 Å². The van der Waals surface area contributed by atoms with Crippen LogP contribution in [0.5, 0.6) is 0 Å². The predicted molar refractivity (Wildman–Crippen MR) is 59.9 cm³/mol. The summed E-state index contributed by atoms with van der Waals surface area (Å²) >= 11 is 0. The van der Waals surface area contributed by atoms with Crippen molar-refractivity contribution < 1.29 is 9.13 Å². The molecule has 0 radical (unpaired) electrons. The van der Waals surface area contributed by atoms with Gasteiger partial charge in [0.2, 0.25) is 0 Å². The lowest BCUT2D eigenvalue weighted by atomic mass is 9.98. The van der Waals surface area contributed by atoms with Crippen molar-refractivity contribution in [3.05, 3.63) is 29.8 Å². The molecule has 1 aromatic rings. The molecule has 1 rings (SSSR count). The first-order valence-corrected chi connectivity index (χ1v) is 5.23. The number of rotatable bonds is 6. The monoisotopic (exact) mass is 227 g/mol. The number of pyridine rings is 1. The number of nitrogens with two attached hydrogens (primary N) is 1. The van der Waals surface area contributed by atoms with E-state index in [2.05, 4.69) is 17.3 Å². The summed E-state index contributed by atoms with van der Waals surface area (Å²) in [6.07, 6.45) is 3.57. The first-order valence-electron chi connectivity index (χ1n) is 5.23. The summed E-state index contributed by atoms with van der Waals surface area (Å²) < 4.78 is 18.0. The molecule has 16 heavy (non-hydrogen) atoms. The normalized spacial score (nSPS) is 14.8. The number of hydrazine groups is 1. The Morgan fingerprint density at radius 2 is 2.31 bits per heavy atom. The van der Waals surface area contributed by atoms with Crippen molar-refractivity contribution in [3.8, 4) is 0 Å². The van der Waals surface area contributed by atoms with Crippen LogP contribution in [0.25, 0.3) is 0 Å². The van der Waals surface area contributed by atoms with Crippen LogP contribution in [0.1, 0.15) is 24.9 Å². The van der Waals surface area contributed by atoms with Gasteiger partial charge in [0.1, 0.15) is 5.82 Å². The maximum atomic E-state index is 13.0. The molecular weight excluding hydrogens is 209 g/mol. The van der Waals surface area contributed by atoms with Crippen LogP contribution < -0.4 is 11.3 Å². The molecule has 0 bridgehead atoms. The number of hydrogen-bond acceptors (Lipinski definition) is 4. The molecule has 1 aromatic heterocycles. The number of methoxy groups -OCH3 is 1. The standard InChI is InChI=1S/C11H18FN3O/c1-8(7-16-2)3-11(15-13)9-4-10(12)6-14-5-9/h4-6,8,11,15H,3,7,13H2,1-2H3. The molecule has 3 N–H and O–H groups in total. The molecule has 0 saturated heterocycles. The van der Waals surface area contributed by atoms with E-state index >= 15 is 0 Å². The number of nitrogens with zero attached hydrogens (tertiary/aromatic N) is 1. The minimum Gasteiger partial charge on any atom is -0.384 e. The molecule has 0 spiro atoms. The first-order chi connectivity index (χ1) is 7.67. The van der Waals surface area contributed by atoms with Crippen molar-refractivity contribution in [3.63, 3.8) is 0 Å². The maximum absolute atomic E-state index is 13.0. The second kappa shape index (κ2) is 6.52. The molecule has 4 nitrogen and oxygen atoms in total. The third-order valence-corrected chi connectivity index (χ3v) is 2.42. The lowest BCUT2D eigenvalue weighted by molar-refractivity contribution is 0.149. The van der Waals surface area contributed by atoms with Gasteiger partial charge < -0.3 is 4.74 Å². The molecule has 0 aliphatic carbocycles. The van der Waals surface area contributed by atoms with Gasteiger partial charge >= 0.3 is 0 Å². The number of ether oxygens (including phenoxy) is 1. The van der Waals surface area contributed by atoms with Gasteiger partial charge in [-0.05, 0) is 24.0 Å². The van der Waals surface area contributed by atoms with Crippen LogP contribution in [0.3, 0.4) is 0 Å². The fraction of sp³-hybridized carbons (Fsp3) is 0.545. The Kier molecular flexibility index (Phi) is 5.31. The van der Waals surface area contributed by atoms with Crippen LogP contribution in [0.4, 0.5) is 4.39 Å². The Morgan fingerprint density at radius 3 is 2.88 bits per heavy atom. The molecule has 0 aliphatic rings. The Bertz CT molecular complexity index is 322. The fourth-order valence-electron chi connectivity index (χ4n) is 1.67. The summed E-state index contributed by atoms with van der Waals surface area (Å²) in [7, 11) is 1.66. The van der Waals surface area contributed by atoms with Gasteiger partial charge in [0.25, 0.3) is 0 Å². The summed E-state index contributed by atoms with van der Waals surface area (Å²) in [5, 5.41) is 0. The topological polar surface area (TPSA) is 60.2 Å². The summed E-state index contributed by atoms with van der Waals surface area (Å²) in [6, 6.07) is 1.34. The molecule has 0 fully saturated rings. The van der Waals surface area contributed by atoms with Crippen LogP contribution in [0.2, 0.25) is 0 Å². The fourth-order valence-corrected chi connectivity index (χ4v) is 1.67. The summed E-state index contributed by atoms with van der Waals surface area (Å²) in [5.74, 6) is 5.45. The zero-order valence-electron chi connectivity index (χ0n) is 9.61. The van der Waals surface area contributed by atoms with Crippen LogP contribution in [0.15, 0.2) is 18.5 Å². The van der Waals surface area contributed by atoms with E-state index in [9.17, 15) is 4.39 Å². The van der Waals surface area contributed by atoms with Crippen molar-refractivity contribution in [1.82, 2.24) is 10.4 Å². The SMILES string of the molecule is COCC(C)CC(NN)c1cncc(F)c1. The molecule has 0 aliphatic heterocycles. The average molecular weight is 227 g/mol. The van der Waals surface area contributed by atoms with Crippen LogP contribution in [0, 0.1) is 11.7 Å². The number of hydrogen-bond donors (Lipinski definition) is 2. The molecule has 2 unspecified atom stereocenters. The Hall–Kier alpha value is -1.04.